The highest BCUT2D eigenvalue weighted by atomic mass is 35.5. The molecule has 6 heteroatoms. The Bertz CT molecular complexity index is 1170. The van der Waals surface area contributed by atoms with E-state index in [-0.39, 0.29) is 18.0 Å². The van der Waals surface area contributed by atoms with Crippen molar-refractivity contribution in [2.75, 3.05) is 18.4 Å². The number of rotatable bonds is 8. The highest BCUT2D eigenvalue weighted by Gasteiger charge is 2.48. The molecule has 3 aromatic rings. The molecular formula is C29H33ClN4O. The number of fused-ring (bicyclic) bond motifs is 1. The Morgan fingerprint density at radius 1 is 1.00 bits per heavy atom. The van der Waals surface area contributed by atoms with E-state index in [0.29, 0.717) is 24.2 Å². The number of pyridine rings is 1. The van der Waals surface area contributed by atoms with Crippen molar-refractivity contribution >= 4 is 40.2 Å². The fourth-order valence-corrected chi connectivity index (χ4v) is 5.54. The van der Waals surface area contributed by atoms with Gasteiger partial charge in [-0.05, 0) is 42.7 Å². The molecule has 1 saturated carbocycles. The van der Waals surface area contributed by atoms with Crippen LogP contribution in [0.2, 0.25) is 5.02 Å². The van der Waals surface area contributed by atoms with Crippen molar-refractivity contribution in [1.29, 1.82) is 0 Å². The molecular weight excluding hydrogens is 456 g/mol. The number of anilines is 1. The molecule has 2 aliphatic rings. The van der Waals surface area contributed by atoms with Gasteiger partial charge < -0.3 is 15.5 Å². The minimum Gasteiger partial charge on any atom is -0.383 e. The summed E-state index contributed by atoms with van der Waals surface area (Å²) >= 11 is 6.11. The Labute approximate surface area is 212 Å². The van der Waals surface area contributed by atoms with Crippen molar-refractivity contribution in [2.45, 2.75) is 56.7 Å². The molecule has 2 heterocycles. The second-order valence-corrected chi connectivity index (χ2v) is 9.97. The molecule has 0 radical (unpaired) electrons. The first-order valence-electron chi connectivity index (χ1n) is 12.8. The van der Waals surface area contributed by atoms with Crippen LogP contribution in [0.3, 0.4) is 0 Å². The zero-order valence-electron chi connectivity index (χ0n) is 20.0. The third-order valence-corrected chi connectivity index (χ3v) is 7.43. The van der Waals surface area contributed by atoms with E-state index in [9.17, 15) is 4.79 Å². The van der Waals surface area contributed by atoms with Crippen LogP contribution in [0, 0.1) is 0 Å². The standard InChI is InChI=1S/C29H33ClN4O/c30-22-13-14-24-25(16-17-31-26(24)20-22)32-18-19-33-28-27(15-12-21-8-4-3-5-9-21)34(29(28)35)23-10-6-1-2-7-11-23/h3-5,8-9,12-17,20,23,27-28,33H,1-2,6-7,10-11,18-19H2,(H,31,32)/b15-12+/t27-,28+/m1/s1. The van der Waals surface area contributed by atoms with Crippen LogP contribution in [0.15, 0.2) is 66.9 Å². The van der Waals surface area contributed by atoms with E-state index in [4.69, 9.17) is 11.6 Å². The quantitative estimate of drug-likeness (QED) is 0.235. The van der Waals surface area contributed by atoms with Gasteiger partial charge in [-0.15, -0.1) is 0 Å². The Balaban J connectivity index is 1.23. The Hall–Kier alpha value is -2.89. The molecule has 1 aromatic heterocycles. The van der Waals surface area contributed by atoms with E-state index in [2.05, 4.69) is 44.8 Å². The SMILES string of the molecule is O=C1[C@@H](NCCNc2ccnc3cc(Cl)ccc23)[C@@H](/C=C/c2ccccc2)N1C1CCCCCC1. The first-order chi connectivity index (χ1) is 17.2. The minimum atomic E-state index is -0.173. The Kier molecular flexibility index (Phi) is 7.65. The predicted octanol–water partition coefficient (Wildman–Crippen LogP) is 5.91. The molecule has 2 N–H and O–H groups in total. The molecule has 35 heavy (non-hydrogen) atoms. The molecule has 2 aromatic carbocycles. The number of likely N-dealkylation sites (tertiary alicyclic amines) is 1. The van der Waals surface area contributed by atoms with E-state index < -0.39 is 0 Å². The van der Waals surface area contributed by atoms with Crippen molar-refractivity contribution < 1.29 is 4.79 Å². The van der Waals surface area contributed by atoms with Crippen LogP contribution in [-0.2, 0) is 4.79 Å². The van der Waals surface area contributed by atoms with Gasteiger partial charge in [0.2, 0.25) is 5.91 Å². The summed E-state index contributed by atoms with van der Waals surface area (Å²) in [4.78, 5) is 19.8. The maximum absolute atomic E-state index is 13.3. The molecule has 1 aliphatic heterocycles. The van der Waals surface area contributed by atoms with Gasteiger partial charge in [-0.1, -0.05) is 79.8 Å². The largest absolute Gasteiger partial charge is 0.383 e. The zero-order valence-corrected chi connectivity index (χ0v) is 20.8. The fourth-order valence-electron chi connectivity index (χ4n) is 5.38. The third-order valence-electron chi connectivity index (χ3n) is 7.20. The van der Waals surface area contributed by atoms with E-state index >= 15 is 0 Å². The number of aromatic nitrogens is 1. The number of hydrogen-bond donors (Lipinski definition) is 2. The number of carbonyl (C=O) groups excluding carboxylic acids is 1. The molecule has 0 unspecified atom stereocenters. The molecule has 1 amide bonds. The maximum atomic E-state index is 13.3. The average molecular weight is 489 g/mol. The van der Waals surface area contributed by atoms with Crippen molar-refractivity contribution in [1.82, 2.24) is 15.2 Å². The number of nitrogens with zero attached hydrogens (tertiary/aromatic N) is 2. The van der Waals surface area contributed by atoms with Gasteiger partial charge in [-0.2, -0.15) is 0 Å². The number of amides is 1. The molecule has 1 aliphatic carbocycles. The highest BCUT2D eigenvalue weighted by Crippen LogP contribution is 2.32. The Morgan fingerprint density at radius 3 is 2.60 bits per heavy atom. The number of carbonyl (C=O) groups is 1. The zero-order chi connectivity index (χ0) is 24.0. The number of halogens is 1. The van der Waals surface area contributed by atoms with E-state index in [1.807, 2.05) is 42.5 Å². The lowest BCUT2D eigenvalue weighted by Crippen LogP contribution is -2.71. The predicted molar refractivity (Wildman–Crippen MR) is 145 cm³/mol. The van der Waals surface area contributed by atoms with Crippen molar-refractivity contribution in [3.05, 3.63) is 77.5 Å². The van der Waals surface area contributed by atoms with E-state index in [1.54, 1.807) is 6.20 Å². The van der Waals surface area contributed by atoms with Crippen molar-refractivity contribution in [2.24, 2.45) is 0 Å². The van der Waals surface area contributed by atoms with Crippen molar-refractivity contribution in [3.8, 4) is 0 Å². The van der Waals surface area contributed by atoms with Gasteiger partial charge in [0, 0.05) is 41.4 Å². The summed E-state index contributed by atoms with van der Waals surface area (Å²) < 4.78 is 0. The van der Waals surface area contributed by atoms with Gasteiger partial charge in [0.25, 0.3) is 0 Å². The van der Waals surface area contributed by atoms with E-state index in [0.717, 1.165) is 35.0 Å². The molecule has 2 atom stereocenters. The second-order valence-electron chi connectivity index (χ2n) is 9.53. The van der Waals surface area contributed by atoms with Gasteiger partial charge >= 0.3 is 0 Å². The first kappa shape index (κ1) is 23.8. The second kappa shape index (κ2) is 11.2. The van der Waals surface area contributed by atoms with Gasteiger partial charge in [-0.3, -0.25) is 9.78 Å². The molecule has 182 valence electrons. The summed E-state index contributed by atoms with van der Waals surface area (Å²) in [6, 6.07) is 18.3. The molecule has 2 fully saturated rings. The van der Waals surface area contributed by atoms with Gasteiger partial charge in [0.1, 0.15) is 6.04 Å². The lowest BCUT2D eigenvalue weighted by Gasteiger charge is -2.50. The van der Waals surface area contributed by atoms with Gasteiger partial charge in [0.05, 0.1) is 11.6 Å². The van der Waals surface area contributed by atoms with Crippen LogP contribution < -0.4 is 10.6 Å². The number of nitrogens with one attached hydrogen (secondary N) is 2. The molecule has 0 spiro atoms. The average Bonchev–Trinajstić information content (AvgIpc) is 3.15. The lowest BCUT2D eigenvalue weighted by atomic mass is 9.89. The maximum Gasteiger partial charge on any atom is 0.243 e. The van der Waals surface area contributed by atoms with E-state index in [1.165, 1.54) is 25.7 Å². The van der Waals surface area contributed by atoms with Crippen LogP contribution in [0.5, 0.6) is 0 Å². The highest BCUT2D eigenvalue weighted by molar-refractivity contribution is 6.31. The number of β-lactam (4-membered cyclic amide) rings is 1. The monoisotopic (exact) mass is 488 g/mol. The summed E-state index contributed by atoms with van der Waals surface area (Å²) in [5.74, 6) is 0.239. The third kappa shape index (κ3) is 5.52. The summed E-state index contributed by atoms with van der Waals surface area (Å²) in [6.45, 7) is 1.41. The topological polar surface area (TPSA) is 57.3 Å². The van der Waals surface area contributed by atoms with Crippen LogP contribution in [0.4, 0.5) is 5.69 Å². The lowest BCUT2D eigenvalue weighted by molar-refractivity contribution is -0.152. The molecule has 5 rings (SSSR count). The number of hydrogen-bond acceptors (Lipinski definition) is 4. The van der Waals surface area contributed by atoms with Crippen molar-refractivity contribution in [3.63, 3.8) is 0 Å². The summed E-state index contributed by atoms with van der Waals surface area (Å²) in [7, 11) is 0. The molecule has 5 nitrogen and oxygen atoms in total. The normalized spacial score (nSPS) is 21.3. The summed E-state index contributed by atoms with van der Waals surface area (Å²) in [5, 5.41) is 8.74. The summed E-state index contributed by atoms with van der Waals surface area (Å²) in [5.41, 5.74) is 3.06. The van der Waals surface area contributed by atoms with Crippen LogP contribution in [-0.4, -0.2) is 47.0 Å². The van der Waals surface area contributed by atoms with Crippen LogP contribution in [0.25, 0.3) is 17.0 Å². The smallest absolute Gasteiger partial charge is 0.243 e. The number of benzene rings is 2. The van der Waals surface area contributed by atoms with Gasteiger partial charge in [-0.25, -0.2) is 0 Å². The Morgan fingerprint density at radius 2 is 1.80 bits per heavy atom. The first-order valence-corrected chi connectivity index (χ1v) is 13.2. The molecule has 1 saturated heterocycles. The van der Waals surface area contributed by atoms with Crippen LogP contribution >= 0.6 is 11.6 Å². The minimum absolute atomic E-state index is 0.0923. The molecule has 0 bridgehead atoms. The fraction of sp³-hybridized carbons (Fsp3) is 0.379. The van der Waals surface area contributed by atoms with Crippen LogP contribution in [0.1, 0.15) is 44.1 Å². The summed E-state index contributed by atoms with van der Waals surface area (Å²) in [6.07, 6.45) is 13.4. The van der Waals surface area contributed by atoms with Gasteiger partial charge in [0.15, 0.2) is 0 Å².